The predicted octanol–water partition coefficient (Wildman–Crippen LogP) is 3.33. The Morgan fingerprint density at radius 1 is 1.03 bits per heavy atom. The van der Waals surface area contributed by atoms with Gasteiger partial charge in [-0.25, -0.2) is 4.79 Å². The lowest BCUT2D eigenvalue weighted by Crippen LogP contribution is -2.29. The van der Waals surface area contributed by atoms with Gasteiger partial charge >= 0.3 is 5.97 Å². The molecular weight excluding hydrogens is 366 g/mol. The van der Waals surface area contributed by atoms with Crippen LogP contribution < -0.4 is 0 Å². The monoisotopic (exact) mass is 389 g/mol. The van der Waals surface area contributed by atoms with Crippen molar-refractivity contribution in [2.24, 2.45) is 5.92 Å². The third-order valence-corrected chi connectivity index (χ3v) is 5.38. The van der Waals surface area contributed by atoms with Crippen molar-refractivity contribution >= 4 is 11.9 Å². The molecule has 2 heterocycles. The fourth-order valence-corrected chi connectivity index (χ4v) is 3.87. The minimum Gasteiger partial charge on any atom is -0.478 e. The quantitative estimate of drug-likeness (QED) is 0.702. The summed E-state index contributed by atoms with van der Waals surface area (Å²) in [5.74, 6) is -0.457. The summed E-state index contributed by atoms with van der Waals surface area (Å²) in [5, 5.41) is 13.2. The lowest BCUT2D eigenvalue weighted by molar-refractivity contribution is 0.0696. The van der Waals surface area contributed by atoms with E-state index in [4.69, 9.17) is 5.11 Å². The van der Waals surface area contributed by atoms with E-state index in [2.05, 4.69) is 5.10 Å². The van der Waals surface area contributed by atoms with Crippen molar-refractivity contribution in [2.75, 3.05) is 13.1 Å². The van der Waals surface area contributed by atoms with Crippen molar-refractivity contribution in [2.45, 2.75) is 19.4 Å². The van der Waals surface area contributed by atoms with E-state index >= 15 is 0 Å². The molecule has 29 heavy (non-hydrogen) atoms. The molecule has 1 amide bonds. The van der Waals surface area contributed by atoms with Crippen LogP contribution in [0.1, 0.15) is 38.3 Å². The van der Waals surface area contributed by atoms with E-state index in [1.54, 1.807) is 18.3 Å². The van der Waals surface area contributed by atoms with E-state index in [0.29, 0.717) is 23.6 Å². The molecule has 1 aliphatic heterocycles. The number of aromatic carboxylic acids is 1. The molecule has 1 atom stereocenters. The largest absolute Gasteiger partial charge is 0.478 e. The number of benzene rings is 2. The Morgan fingerprint density at radius 2 is 1.86 bits per heavy atom. The molecule has 1 aromatic heterocycles. The van der Waals surface area contributed by atoms with Gasteiger partial charge in [0.15, 0.2) is 0 Å². The molecule has 0 aliphatic carbocycles. The highest BCUT2D eigenvalue weighted by atomic mass is 16.4. The molecule has 3 aromatic rings. The Morgan fingerprint density at radius 3 is 2.59 bits per heavy atom. The number of nitrogens with zero attached hydrogens (tertiary/aromatic N) is 3. The van der Waals surface area contributed by atoms with Crippen molar-refractivity contribution in [1.82, 2.24) is 14.7 Å². The SMILES string of the molecule is O=C(O)c1ccc(C[C@H]2CCN(C(=O)c3cccc(Cn4cccn4)c3)C2)cc1. The molecule has 1 N–H and O–H groups in total. The molecule has 0 unspecified atom stereocenters. The van der Waals surface area contributed by atoms with E-state index in [9.17, 15) is 9.59 Å². The highest BCUT2D eigenvalue weighted by Gasteiger charge is 2.27. The molecule has 6 heteroatoms. The molecule has 148 valence electrons. The number of rotatable bonds is 6. The first-order valence-electron chi connectivity index (χ1n) is 9.76. The van der Waals surface area contributed by atoms with Gasteiger partial charge in [-0.1, -0.05) is 24.3 Å². The standard InChI is InChI=1S/C23H23N3O3/c27-22(21-4-1-3-18(14-21)16-26-11-2-10-24-26)25-12-9-19(15-25)13-17-5-7-20(8-6-17)23(28)29/h1-8,10-11,14,19H,9,12-13,15-16H2,(H,28,29)/t19-/m1/s1. The third kappa shape index (κ3) is 4.54. The van der Waals surface area contributed by atoms with Gasteiger partial charge in [-0.2, -0.15) is 5.10 Å². The topological polar surface area (TPSA) is 75.4 Å². The molecule has 1 aliphatic rings. The van der Waals surface area contributed by atoms with Crippen molar-refractivity contribution in [3.8, 4) is 0 Å². The Kier molecular flexibility index (Phi) is 5.42. The molecule has 0 saturated carbocycles. The van der Waals surface area contributed by atoms with Crippen molar-refractivity contribution in [3.63, 3.8) is 0 Å². The average molecular weight is 389 g/mol. The van der Waals surface area contributed by atoms with Crippen LogP contribution in [0.2, 0.25) is 0 Å². The minimum absolute atomic E-state index is 0.0658. The number of aromatic nitrogens is 2. The maximum atomic E-state index is 13.0. The number of carbonyl (C=O) groups excluding carboxylic acids is 1. The number of carboxylic acid groups (broad SMARTS) is 1. The Bertz CT molecular complexity index is 996. The predicted molar refractivity (Wildman–Crippen MR) is 109 cm³/mol. The van der Waals surface area contributed by atoms with Crippen molar-refractivity contribution in [1.29, 1.82) is 0 Å². The van der Waals surface area contributed by atoms with Crippen LogP contribution in [0, 0.1) is 5.92 Å². The van der Waals surface area contributed by atoms with Crippen LogP contribution in [0.3, 0.4) is 0 Å². The summed E-state index contributed by atoms with van der Waals surface area (Å²) in [4.78, 5) is 25.9. The summed E-state index contributed by atoms with van der Waals surface area (Å²) in [7, 11) is 0. The van der Waals surface area contributed by atoms with Crippen LogP contribution in [0.25, 0.3) is 0 Å². The van der Waals surface area contributed by atoms with E-state index in [-0.39, 0.29) is 5.91 Å². The summed E-state index contributed by atoms with van der Waals surface area (Å²) in [6.07, 6.45) is 5.46. The van der Waals surface area contributed by atoms with Crippen LogP contribution in [-0.2, 0) is 13.0 Å². The highest BCUT2D eigenvalue weighted by Crippen LogP contribution is 2.23. The summed E-state index contributed by atoms with van der Waals surface area (Å²) >= 11 is 0. The first kappa shape index (κ1) is 18.9. The summed E-state index contributed by atoms with van der Waals surface area (Å²) in [6, 6.07) is 16.6. The summed E-state index contributed by atoms with van der Waals surface area (Å²) in [6.45, 7) is 2.12. The van der Waals surface area contributed by atoms with Crippen LogP contribution in [0.15, 0.2) is 67.0 Å². The lowest BCUT2D eigenvalue weighted by atomic mass is 9.98. The van der Waals surface area contributed by atoms with Gasteiger partial charge in [0.1, 0.15) is 0 Å². The number of hydrogen-bond donors (Lipinski definition) is 1. The van der Waals surface area contributed by atoms with Gasteiger partial charge in [0.2, 0.25) is 0 Å². The van der Waals surface area contributed by atoms with Gasteiger partial charge in [0.25, 0.3) is 5.91 Å². The number of hydrogen-bond acceptors (Lipinski definition) is 3. The smallest absolute Gasteiger partial charge is 0.335 e. The van der Waals surface area contributed by atoms with Crippen LogP contribution >= 0.6 is 0 Å². The first-order chi connectivity index (χ1) is 14.1. The molecule has 0 bridgehead atoms. The maximum absolute atomic E-state index is 13.0. The second-order valence-corrected chi connectivity index (χ2v) is 7.52. The summed E-state index contributed by atoms with van der Waals surface area (Å²) < 4.78 is 1.84. The van der Waals surface area contributed by atoms with E-state index in [1.165, 1.54) is 0 Å². The van der Waals surface area contributed by atoms with Gasteiger partial charge in [-0.3, -0.25) is 9.48 Å². The second kappa shape index (κ2) is 8.31. The molecule has 1 saturated heterocycles. The van der Waals surface area contributed by atoms with Crippen LogP contribution in [0.4, 0.5) is 0 Å². The molecule has 1 fully saturated rings. The second-order valence-electron chi connectivity index (χ2n) is 7.52. The molecule has 6 nitrogen and oxygen atoms in total. The zero-order valence-electron chi connectivity index (χ0n) is 16.1. The third-order valence-electron chi connectivity index (χ3n) is 5.38. The number of likely N-dealkylation sites (tertiary alicyclic amines) is 1. The first-order valence-corrected chi connectivity index (χ1v) is 9.76. The van der Waals surface area contributed by atoms with Crippen molar-refractivity contribution < 1.29 is 14.7 Å². The minimum atomic E-state index is -0.913. The van der Waals surface area contributed by atoms with Gasteiger partial charge < -0.3 is 10.0 Å². The Labute approximate surface area is 169 Å². The van der Waals surface area contributed by atoms with Gasteiger partial charge in [0, 0.05) is 31.0 Å². The van der Waals surface area contributed by atoms with Crippen LogP contribution in [-0.4, -0.2) is 44.8 Å². The lowest BCUT2D eigenvalue weighted by Gasteiger charge is -2.17. The Balaban J connectivity index is 1.37. The number of carboxylic acids is 1. The zero-order chi connectivity index (χ0) is 20.2. The molecule has 0 radical (unpaired) electrons. The molecular formula is C23H23N3O3. The van der Waals surface area contributed by atoms with E-state index < -0.39 is 5.97 Å². The van der Waals surface area contributed by atoms with Gasteiger partial charge in [-0.05, 0) is 60.2 Å². The number of carbonyl (C=O) groups is 2. The van der Waals surface area contributed by atoms with Gasteiger partial charge in [-0.15, -0.1) is 0 Å². The zero-order valence-corrected chi connectivity index (χ0v) is 16.1. The molecule has 2 aromatic carbocycles. The maximum Gasteiger partial charge on any atom is 0.335 e. The molecule has 0 spiro atoms. The normalized spacial score (nSPS) is 16.1. The van der Waals surface area contributed by atoms with E-state index in [1.807, 2.05) is 58.2 Å². The van der Waals surface area contributed by atoms with Crippen molar-refractivity contribution in [3.05, 3.63) is 89.2 Å². The summed E-state index contributed by atoms with van der Waals surface area (Å²) in [5.41, 5.74) is 3.16. The molecule has 4 rings (SSSR count). The van der Waals surface area contributed by atoms with Gasteiger partial charge in [0.05, 0.1) is 12.1 Å². The fourth-order valence-electron chi connectivity index (χ4n) is 3.87. The fraction of sp³-hybridized carbons (Fsp3) is 0.261. The van der Waals surface area contributed by atoms with E-state index in [0.717, 1.165) is 37.1 Å². The Hall–Kier alpha value is -3.41. The average Bonchev–Trinajstić information content (AvgIpc) is 3.40. The number of amides is 1. The van der Waals surface area contributed by atoms with Crippen LogP contribution in [0.5, 0.6) is 0 Å². The highest BCUT2D eigenvalue weighted by molar-refractivity contribution is 5.94.